The van der Waals surface area contributed by atoms with Crippen LogP contribution in [0, 0.1) is 6.92 Å². The summed E-state index contributed by atoms with van der Waals surface area (Å²) in [6.45, 7) is 4.82. The summed E-state index contributed by atoms with van der Waals surface area (Å²) in [5.74, 6) is 0.809. The minimum Gasteiger partial charge on any atom is -0.370 e. The number of aromatic nitrogens is 2. The molecule has 0 unspecified atom stereocenters. The number of nitrogens with one attached hydrogen (secondary N) is 1. The smallest absolute Gasteiger partial charge is 0.291 e. The third-order valence-corrected chi connectivity index (χ3v) is 5.60. The van der Waals surface area contributed by atoms with Gasteiger partial charge in [0.1, 0.15) is 5.82 Å². The Morgan fingerprint density at radius 3 is 2.77 bits per heavy atom. The Kier molecular flexibility index (Phi) is 7.07. The first kappa shape index (κ1) is 21.8. The van der Waals surface area contributed by atoms with Gasteiger partial charge in [0.15, 0.2) is 5.96 Å². The van der Waals surface area contributed by atoms with Crippen molar-refractivity contribution in [1.82, 2.24) is 14.9 Å². The lowest BCUT2D eigenvalue weighted by Crippen LogP contribution is -2.38. The highest BCUT2D eigenvalue weighted by molar-refractivity contribution is 5.96. The van der Waals surface area contributed by atoms with Gasteiger partial charge in [0.05, 0.1) is 17.6 Å². The number of fused-ring (bicyclic) bond motifs is 1. The fraction of sp³-hybridized carbons (Fsp3) is 0.545. The monoisotopic (exact) mass is 411 g/mol. The zero-order valence-electron chi connectivity index (χ0n) is 18.2. The summed E-state index contributed by atoms with van der Waals surface area (Å²) in [7, 11) is 1.80. The molecule has 1 aromatic heterocycles. The van der Waals surface area contributed by atoms with Gasteiger partial charge >= 0.3 is 0 Å². The number of benzene rings is 1. The molecule has 1 fully saturated rings. The van der Waals surface area contributed by atoms with Crippen molar-refractivity contribution in [3.8, 4) is 0 Å². The molecule has 0 bridgehead atoms. The highest BCUT2D eigenvalue weighted by Gasteiger charge is 2.27. The van der Waals surface area contributed by atoms with Crippen molar-refractivity contribution >= 4 is 28.6 Å². The Bertz CT molecular complexity index is 923. The SMILES string of the molecule is CCCCN(C)C(=O)c1nc(N[C@H]2CCCC[C@H]2N=C(N)N)c2cc(C)ccc2n1. The molecule has 1 aliphatic rings. The number of aliphatic imine (C=N–C) groups is 1. The molecule has 162 valence electrons. The van der Waals surface area contributed by atoms with E-state index in [4.69, 9.17) is 11.5 Å². The van der Waals surface area contributed by atoms with Crippen LogP contribution in [0.1, 0.15) is 61.6 Å². The molecule has 5 N–H and O–H groups in total. The minimum atomic E-state index is -0.168. The van der Waals surface area contributed by atoms with Crippen molar-refractivity contribution < 1.29 is 4.79 Å². The summed E-state index contributed by atoms with van der Waals surface area (Å²) in [4.78, 5) is 28.3. The van der Waals surface area contributed by atoms with Crippen LogP contribution in [-0.2, 0) is 0 Å². The van der Waals surface area contributed by atoms with Crippen LogP contribution in [0.3, 0.4) is 0 Å². The van der Waals surface area contributed by atoms with E-state index in [2.05, 4.69) is 27.2 Å². The van der Waals surface area contributed by atoms with Crippen LogP contribution in [-0.4, -0.2) is 52.4 Å². The Morgan fingerprint density at radius 1 is 1.27 bits per heavy atom. The molecule has 3 rings (SSSR count). The van der Waals surface area contributed by atoms with Crippen LogP contribution >= 0.6 is 0 Å². The number of hydrogen-bond acceptors (Lipinski definition) is 5. The van der Waals surface area contributed by atoms with E-state index in [-0.39, 0.29) is 29.8 Å². The van der Waals surface area contributed by atoms with E-state index < -0.39 is 0 Å². The number of hydrogen-bond donors (Lipinski definition) is 3. The number of nitrogens with zero attached hydrogens (tertiary/aromatic N) is 4. The Morgan fingerprint density at radius 2 is 2.03 bits per heavy atom. The maximum absolute atomic E-state index is 12.9. The van der Waals surface area contributed by atoms with Gasteiger partial charge in [-0.3, -0.25) is 4.79 Å². The molecule has 0 saturated heterocycles. The van der Waals surface area contributed by atoms with E-state index in [0.717, 1.165) is 55.0 Å². The summed E-state index contributed by atoms with van der Waals surface area (Å²) >= 11 is 0. The standard InChI is InChI=1S/C22H33N7O/c1-4-5-12-29(3)21(30)20-25-16-11-10-14(2)13-15(16)19(28-20)26-17-8-6-7-9-18(17)27-22(23)24/h10-11,13,17-18H,4-9,12H2,1-3H3,(H4,23,24,27)(H,25,26,28)/t17-,18+/m0/s1. The number of carbonyl (C=O) groups is 1. The Hall–Kier alpha value is -2.90. The van der Waals surface area contributed by atoms with Gasteiger partial charge in [-0.05, 0) is 38.3 Å². The number of guanidine groups is 1. The van der Waals surface area contributed by atoms with E-state index in [1.54, 1.807) is 11.9 Å². The average Bonchev–Trinajstić information content (AvgIpc) is 2.72. The third-order valence-electron chi connectivity index (χ3n) is 5.60. The molecular formula is C22H33N7O. The molecule has 8 heteroatoms. The normalized spacial score (nSPS) is 18.8. The van der Waals surface area contributed by atoms with E-state index in [0.29, 0.717) is 12.4 Å². The first-order valence-corrected chi connectivity index (χ1v) is 10.8. The Balaban J connectivity index is 1.98. The first-order chi connectivity index (χ1) is 14.4. The predicted octanol–water partition coefficient (Wildman–Crippen LogP) is 2.81. The Labute approximate surface area is 178 Å². The topological polar surface area (TPSA) is 123 Å². The van der Waals surface area contributed by atoms with E-state index in [1.807, 2.05) is 25.1 Å². The van der Waals surface area contributed by atoms with Crippen molar-refractivity contribution in [1.29, 1.82) is 0 Å². The molecule has 30 heavy (non-hydrogen) atoms. The molecule has 0 radical (unpaired) electrons. The molecule has 2 aromatic rings. The molecule has 0 aliphatic heterocycles. The lowest BCUT2D eigenvalue weighted by atomic mass is 9.90. The van der Waals surface area contributed by atoms with Crippen LogP contribution < -0.4 is 16.8 Å². The van der Waals surface area contributed by atoms with Crippen LogP contribution in [0.5, 0.6) is 0 Å². The second-order valence-corrected chi connectivity index (χ2v) is 8.15. The van der Waals surface area contributed by atoms with Crippen LogP contribution in [0.2, 0.25) is 0 Å². The molecule has 8 nitrogen and oxygen atoms in total. The van der Waals surface area contributed by atoms with Gasteiger partial charge in [-0.25, -0.2) is 15.0 Å². The minimum absolute atomic E-state index is 0.00930. The fourth-order valence-electron chi connectivity index (χ4n) is 3.92. The predicted molar refractivity (Wildman–Crippen MR) is 122 cm³/mol. The second kappa shape index (κ2) is 9.73. The van der Waals surface area contributed by atoms with Crippen LogP contribution in [0.25, 0.3) is 10.9 Å². The van der Waals surface area contributed by atoms with Gasteiger partial charge in [0, 0.05) is 19.0 Å². The summed E-state index contributed by atoms with van der Waals surface area (Å²) in [5, 5.41) is 4.44. The van der Waals surface area contributed by atoms with Gasteiger partial charge in [-0.2, -0.15) is 0 Å². The lowest BCUT2D eigenvalue weighted by molar-refractivity contribution is 0.0782. The van der Waals surface area contributed by atoms with Gasteiger partial charge in [0.25, 0.3) is 5.91 Å². The number of amides is 1. The molecule has 1 heterocycles. The maximum atomic E-state index is 12.9. The zero-order chi connectivity index (χ0) is 21.7. The van der Waals surface area contributed by atoms with Gasteiger partial charge < -0.3 is 21.7 Å². The van der Waals surface area contributed by atoms with Crippen molar-refractivity contribution in [2.45, 2.75) is 64.5 Å². The summed E-state index contributed by atoms with van der Waals surface area (Å²) in [6, 6.07) is 6.03. The van der Waals surface area contributed by atoms with Crippen molar-refractivity contribution in [2.75, 3.05) is 18.9 Å². The second-order valence-electron chi connectivity index (χ2n) is 8.15. The quantitative estimate of drug-likeness (QED) is 0.476. The molecule has 2 atom stereocenters. The largest absolute Gasteiger partial charge is 0.370 e. The zero-order valence-corrected chi connectivity index (χ0v) is 18.2. The summed E-state index contributed by atoms with van der Waals surface area (Å²) < 4.78 is 0. The van der Waals surface area contributed by atoms with Crippen LogP contribution in [0.4, 0.5) is 5.82 Å². The molecule has 0 spiro atoms. The average molecular weight is 412 g/mol. The molecule has 1 amide bonds. The summed E-state index contributed by atoms with van der Waals surface area (Å²) in [6.07, 6.45) is 6.02. The van der Waals surface area contributed by atoms with Crippen molar-refractivity contribution in [3.05, 3.63) is 29.6 Å². The van der Waals surface area contributed by atoms with Gasteiger partial charge in [-0.15, -0.1) is 0 Å². The van der Waals surface area contributed by atoms with E-state index in [9.17, 15) is 4.79 Å². The van der Waals surface area contributed by atoms with E-state index in [1.165, 1.54) is 0 Å². The molecule has 1 aliphatic carbocycles. The third kappa shape index (κ3) is 5.17. The number of anilines is 1. The van der Waals surface area contributed by atoms with Gasteiger partial charge in [-0.1, -0.05) is 37.8 Å². The number of unbranched alkanes of at least 4 members (excludes halogenated alkanes) is 1. The lowest BCUT2D eigenvalue weighted by Gasteiger charge is -2.30. The highest BCUT2D eigenvalue weighted by Crippen LogP contribution is 2.28. The maximum Gasteiger partial charge on any atom is 0.291 e. The first-order valence-electron chi connectivity index (χ1n) is 10.8. The highest BCUT2D eigenvalue weighted by atomic mass is 16.2. The number of carbonyl (C=O) groups excluding carboxylic acids is 1. The van der Waals surface area contributed by atoms with E-state index >= 15 is 0 Å². The molecule has 1 aromatic carbocycles. The van der Waals surface area contributed by atoms with Crippen molar-refractivity contribution in [3.63, 3.8) is 0 Å². The fourth-order valence-corrected chi connectivity index (χ4v) is 3.92. The summed E-state index contributed by atoms with van der Waals surface area (Å²) in [5.41, 5.74) is 13.2. The number of rotatable bonds is 7. The van der Waals surface area contributed by atoms with Crippen molar-refractivity contribution in [2.24, 2.45) is 16.5 Å². The number of nitrogens with two attached hydrogens (primary N) is 2. The molecular weight excluding hydrogens is 378 g/mol. The number of aryl methyl sites for hydroxylation is 1. The molecule has 1 saturated carbocycles. The van der Waals surface area contributed by atoms with Crippen LogP contribution in [0.15, 0.2) is 23.2 Å². The van der Waals surface area contributed by atoms with Gasteiger partial charge in [0.2, 0.25) is 5.82 Å².